The van der Waals surface area contributed by atoms with Crippen LogP contribution in [0.3, 0.4) is 0 Å². The Hall–Kier alpha value is -1.25. The molecule has 2 saturated heterocycles. The number of rotatable bonds is 5. The van der Waals surface area contributed by atoms with E-state index >= 15 is 0 Å². The highest BCUT2D eigenvalue weighted by atomic mass is 35.5. The van der Waals surface area contributed by atoms with E-state index in [0.717, 1.165) is 56.3 Å². The highest BCUT2D eigenvalue weighted by Crippen LogP contribution is 2.25. The van der Waals surface area contributed by atoms with Crippen molar-refractivity contribution in [3.8, 4) is 11.5 Å². The number of nitrogens with one attached hydrogen (secondary N) is 1. The molecule has 2 atom stereocenters. The van der Waals surface area contributed by atoms with E-state index < -0.39 is 0 Å². The molecule has 0 saturated carbocycles. The Morgan fingerprint density at radius 3 is 2.50 bits per heavy atom. The number of carbonyl (C=O) groups is 1. The summed E-state index contributed by atoms with van der Waals surface area (Å²) in [6.45, 7) is 7.29. The van der Waals surface area contributed by atoms with Crippen molar-refractivity contribution in [3.63, 3.8) is 0 Å². The quantitative estimate of drug-likeness (QED) is 0.756. The second-order valence-electron chi connectivity index (χ2n) is 6.79. The van der Waals surface area contributed by atoms with Crippen molar-refractivity contribution in [1.82, 2.24) is 15.1 Å². The first-order valence-electron chi connectivity index (χ1n) is 9.19. The van der Waals surface area contributed by atoms with E-state index in [9.17, 15) is 4.79 Å². The molecule has 2 heterocycles. The van der Waals surface area contributed by atoms with E-state index in [4.69, 9.17) is 14.2 Å². The Labute approximate surface area is 179 Å². The molecule has 0 radical (unpaired) electrons. The average molecular weight is 436 g/mol. The van der Waals surface area contributed by atoms with Gasteiger partial charge >= 0.3 is 0 Å². The maximum Gasteiger partial charge on any atom is 0.242 e. The van der Waals surface area contributed by atoms with Crippen molar-refractivity contribution in [3.05, 3.63) is 23.8 Å². The first kappa shape index (κ1) is 24.8. The van der Waals surface area contributed by atoms with Crippen LogP contribution in [0, 0.1) is 0 Å². The minimum absolute atomic E-state index is 0. The number of benzene rings is 1. The normalized spacial score (nSPS) is 22.6. The molecule has 0 spiro atoms. The molecule has 9 heteroatoms. The lowest BCUT2D eigenvalue weighted by molar-refractivity contribution is -0.141. The minimum atomic E-state index is -0.228. The third-order valence-electron chi connectivity index (χ3n) is 5.15. The second kappa shape index (κ2) is 11.7. The van der Waals surface area contributed by atoms with Crippen LogP contribution in [-0.2, 0) is 16.1 Å². The van der Waals surface area contributed by atoms with Crippen LogP contribution in [0.5, 0.6) is 11.5 Å². The molecule has 1 amide bonds. The van der Waals surface area contributed by atoms with E-state index in [1.807, 2.05) is 30.0 Å². The number of amides is 1. The zero-order valence-corrected chi connectivity index (χ0v) is 18.3. The van der Waals surface area contributed by atoms with Gasteiger partial charge in [0.05, 0.1) is 26.9 Å². The summed E-state index contributed by atoms with van der Waals surface area (Å²) in [5.41, 5.74) is 1.10. The van der Waals surface area contributed by atoms with Crippen molar-refractivity contribution in [2.45, 2.75) is 25.6 Å². The van der Waals surface area contributed by atoms with E-state index in [-0.39, 0.29) is 42.9 Å². The van der Waals surface area contributed by atoms with Gasteiger partial charge in [-0.25, -0.2) is 0 Å². The maximum atomic E-state index is 12.7. The fourth-order valence-corrected chi connectivity index (χ4v) is 3.58. The van der Waals surface area contributed by atoms with Gasteiger partial charge in [0.1, 0.15) is 17.5 Å². The largest absolute Gasteiger partial charge is 0.497 e. The van der Waals surface area contributed by atoms with Crippen LogP contribution in [0.4, 0.5) is 0 Å². The number of hydrogen-bond donors (Lipinski definition) is 1. The lowest BCUT2D eigenvalue weighted by atomic mass is 10.1. The van der Waals surface area contributed by atoms with Gasteiger partial charge in [-0.1, -0.05) is 0 Å². The number of nitrogens with zero attached hydrogens (tertiary/aromatic N) is 2. The van der Waals surface area contributed by atoms with E-state index in [0.29, 0.717) is 6.61 Å². The van der Waals surface area contributed by atoms with Crippen molar-refractivity contribution < 1.29 is 19.0 Å². The van der Waals surface area contributed by atoms with Gasteiger partial charge in [0, 0.05) is 44.8 Å². The molecule has 0 aromatic heterocycles. The summed E-state index contributed by atoms with van der Waals surface area (Å²) in [6.07, 6.45) is -0.0738. The number of carbonyl (C=O) groups excluding carboxylic acids is 1. The van der Waals surface area contributed by atoms with E-state index in [2.05, 4.69) is 10.2 Å². The van der Waals surface area contributed by atoms with Gasteiger partial charge in [-0.15, -0.1) is 24.8 Å². The number of hydrogen-bond acceptors (Lipinski definition) is 6. The SMILES string of the molecule is COc1ccc(OC)c(CN2CCN(C(=O)[C@H]3NCCO[C@@H]3C)CC2)c1.Cl.Cl. The fourth-order valence-electron chi connectivity index (χ4n) is 3.58. The number of methoxy groups -OCH3 is 2. The van der Waals surface area contributed by atoms with Gasteiger partial charge in [-0.05, 0) is 25.1 Å². The van der Waals surface area contributed by atoms with Gasteiger partial charge in [-0.2, -0.15) is 0 Å². The second-order valence-corrected chi connectivity index (χ2v) is 6.79. The molecule has 2 aliphatic heterocycles. The summed E-state index contributed by atoms with van der Waals surface area (Å²) in [7, 11) is 3.35. The Balaban J connectivity index is 0.00000196. The summed E-state index contributed by atoms with van der Waals surface area (Å²) >= 11 is 0. The Kier molecular flexibility index (Phi) is 10.3. The van der Waals surface area contributed by atoms with Crippen LogP contribution in [0.1, 0.15) is 12.5 Å². The smallest absolute Gasteiger partial charge is 0.242 e. The molecule has 7 nitrogen and oxygen atoms in total. The third kappa shape index (κ3) is 5.87. The molecule has 0 unspecified atom stereocenters. The molecule has 2 aliphatic rings. The molecule has 1 aromatic rings. The average Bonchev–Trinajstić information content (AvgIpc) is 2.68. The first-order chi connectivity index (χ1) is 12.6. The topological polar surface area (TPSA) is 63.3 Å². The number of ether oxygens (including phenoxy) is 3. The molecule has 3 rings (SSSR count). The van der Waals surface area contributed by atoms with Gasteiger partial charge in [0.25, 0.3) is 0 Å². The number of halogens is 2. The van der Waals surface area contributed by atoms with Crippen LogP contribution in [-0.4, -0.2) is 81.4 Å². The van der Waals surface area contributed by atoms with Crippen LogP contribution >= 0.6 is 24.8 Å². The third-order valence-corrected chi connectivity index (χ3v) is 5.15. The first-order valence-corrected chi connectivity index (χ1v) is 9.19. The van der Waals surface area contributed by atoms with E-state index in [1.165, 1.54) is 0 Å². The summed E-state index contributed by atoms with van der Waals surface area (Å²) in [4.78, 5) is 17.0. The molecular formula is C19H31Cl2N3O4. The monoisotopic (exact) mass is 435 g/mol. The maximum absolute atomic E-state index is 12.7. The molecule has 1 aromatic carbocycles. The number of piperazine rings is 1. The minimum Gasteiger partial charge on any atom is -0.497 e. The van der Waals surface area contributed by atoms with Gasteiger partial charge < -0.3 is 24.4 Å². The molecular weight excluding hydrogens is 405 g/mol. The molecule has 2 fully saturated rings. The lowest BCUT2D eigenvalue weighted by Gasteiger charge is -2.39. The van der Waals surface area contributed by atoms with Crippen molar-refractivity contribution in [2.24, 2.45) is 0 Å². The van der Waals surface area contributed by atoms with Crippen LogP contribution < -0.4 is 14.8 Å². The van der Waals surface area contributed by atoms with Crippen LogP contribution in [0.2, 0.25) is 0 Å². The molecule has 28 heavy (non-hydrogen) atoms. The van der Waals surface area contributed by atoms with E-state index in [1.54, 1.807) is 14.2 Å². The van der Waals surface area contributed by atoms with Crippen LogP contribution in [0.25, 0.3) is 0 Å². The predicted octanol–water partition coefficient (Wildman–Crippen LogP) is 1.57. The van der Waals surface area contributed by atoms with Gasteiger partial charge in [-0.3, -0.25) is 9.69 Å². The van der Waals surface area contributed by atoms with Crippen molar-refractivity contribution in [1.29, 1.82) is 0 Å². The zero-order valence-electron chi connectivity index (χ0n) is 16.7. The van der Waals surface area contributed by atoms with Gasteiger partial charge in [0.2, 0.25) is 5.91 Å². The summed E-state index contributed by atoms with van der Waals surface area (Å²) in [5.74, 6) is 1.84. The molecule has 0 bridgehead atoms. The predicted molar refractivity (Wildman–Crippen MR) is 113 cm³/mol. The summed E-state index contributed by atoms with van der Waals surface area (Å²) < 4.78 is 16.4. The molecule has 1 N–H and O–H groups in total. The van der Waals surface area contributed by atoms with Crippen molar-refractivity contribution >= 4 is 30.7 Å². The van der Waals surface area contributed by atoms with Crippen LogP contribution in [0.15, 0.2) is 18.2 Å². The fraction of sp³-hybridized carbons (Fsp3) is 0.632. The van der Waals surface area contributed by atoms with Gasteiger partial charge in [0.15, 0.2) is 0 Å². The number of morpholine rings is 1. The summed E-state index contributed by atoms with van der Waals surface area (Å²) in [6, 6.07) is 5.62. The Morgan fingerprint density at radius 2 is 1.89 bits per heavy atom. The standard InChI is InChI=1S/C19H29N3O4.2ClH/c1-14-18(20-6-11-26-14)19(23)22-9-7-21(8-10-22)13-15-12-16(24-2)4-5-17(15)25-3;;/h4-5,12,14,18,20H,6-11,13H2,1-3H3;2*1H/t14-,18+;;/m1../s1. The highest BCUT2D eigenvalue weighted by molar-refractivity contribution is 5.85. The Morgan fingerprint density at radius 1 is 1.18 bits per heavy atom. The van der Waals surface area contributed by atoms with Crippen molar-refractivity contribution in [2.75, 3.05) is 53.6 Å². The molecule has 0 aliphatic carbocycles. The lowest BCUT2D eigenvalue weighted by Crippen LogP contribution is -2.59. The zero-order chi connectivity index (χ0) is 18.5. The summed E-state index contributed by atoms with van der Waals surface area (Å²) in [5, 5.41) is 3.28. The highest BCUT2D eigenvalue weighted by Gasteiger charge is 2.33. The molecule has 160 valence electrons. The Bertz CT molecular complexity index is 627.